The van der Waals surface area contributed by atoms with Crippen LogP contribution in [0.1, 0.15) is 40.9 Å². The Kier molecular flexibility index (Phi) is 5.11. The van der Waals surface area contributed by atoms with E-state index in [4.69, 9.17) is 9.15 Å². The molecule has 26 heavy (non-hydrogen) atoms. The summed E-state index contributed by atoms with van der Waals surface area (Å²) < 4.78 is 11.6. The van der Waals surface area contributed by atoms with Gasteiger partial charge in [-0.3, -0.25) is 4.79 Å². The smallest absolute Gasteiger partial charge is 0.257 e. The van der Waals surface area contributed by atoms with Gasteiger partial charge in [0, 0.05) is 25.6 Å². The standard InChI is InChI=1S/C22H27NO3/c1-16-20(10-12-25-16)22(24)23-11-9-21(26-15-18-7-8-18)19(14-23)13-17-5-3-2-4-6-17/h2-6,10,12,18-19,21H,7-9,11,13-15H2,1H3/t19-,21-/m0/s1. The van der Waals surface area contributed by atoms with Crippen LogP contribution >= 0.6 is 0 Å². The van der Waals surface area contributed by atoms with E-state index in [2.05, 4.69) is 24.3 Å². The van der Waals surface area contributed by atoms with Crippen molar-refractivity contribution in [2.24, 2.45) is 11.8 Å². The molecule has 4 rings (SSSR count). The van der Waals surface area contributed by atoms with Gasteiger partial charge in [0.05, 0.1) is 17.9 Å². The van der Waals surface area contributed by atoms with Crippen molar-refractivity contribution in [1.29, 1.82) is 0 Å². The largest absolute Gasteiger partial charge is 0.469 e. The number of benzene rings is 1. The average molecular weight is 353 g/mol. The number of ether oxygens (including phenoxy) is 1. The van der Waals surface area contributed by atoms with E-state index in [9.17, 15) is 4.79 Å². The summed E-state index contributed by atoms with van der Waals surface area (Å²) in [7, 11) is 0. The van der Waals surface area contributed by atoms with Crippen molar-refractivity contribution in [2.75, 3.05) is 19.7 Å². The van der Waals surface area contributed by atoms with Crippen LogP contribution in [0.5, 0.6) is 0 Å². The second kappa shape index (κ2) is 7.67. The molecule has 0 radical (unpaired) electrons. The van der Waals surface area contributed by atoms with Crippen LogP contribution < -0.4 is 0 Å². The van der Waals surface area contributed by atoms with Gasteiger partial charge in [-0.15, -0.1) is 0 Å². The first-order chi connectivity index (χ1) is 12.7. The van der Waals surface area contributed by atoms with Crippen LogP contribution in [0.2, 0.25) is 0 Å². The van der Waals surface area contributed by atoms with E-state index in [1.807, 2.05) is 17.9 Å². The van der Waals surface area contributed by atoms with E-state index in [0.29, 0.717) is 17.2 Å². The minimum Gasteiger partial charge on any atom is -0.469 e. The Balaban J connectivity index is 1.46. The van der Waals surface area contributed by atoms with Crippen LogP contribution in [0.4, 0.5) is 0 Å². The molecule has 1 aromatic heterocycles. The van der Waals surface area contributed by atoms with Gasteiger partial charge < -0.3 is 14.1 Å². The lowest BCUT2D eigenvalue weighted by atomic mass is 9.88. The fourth-order valence-electron chi connectivity index (χ4n) is 3.85. The zero-order valence-corrected chi connectivity index (χ0v) is 15.4. The summed E-state index contributed by atoms with van der Waals surface area (Å²) in [5.41, 5.74) is 1.99. The summed E-state index contributed by atoms with van der Waals surface area (Å²) in [5, 5.41) is 0. The maximum Gasteiger partial charge on any atom is 0.257 e. The molecule has 1 aliphatic carbocycles. The lowest BCUT2D eigenvalue weighted by Crippen LogP contribution is -2.47. The molecule has 0 spiro atoms. The summed E-state index contributed by atoms with van der Waals surface area (Å²) in [6.45, 7) is 4.22. The Hall–Kier alpha value is -2.07. The van der Waals surface area contributed by atoms with Crippen LogP contribution in [0.15, 0.2) is 47.1 Å². The summed E-state index contributed by atoms with van der Waals surface area (Å²) in [6.07, 6.45) is 6.30. The molecule has 1 amide bonds. The first kappa shape index (κ1) is 17.3. The van der Waals surface area contributed by atoms with Crippen molar-refractivity contribution in [3.63, 3.8) is 0 Å². The van der Waals surface area contributed by atoms with Crippen molar-refractivity contribution in [2.45, 2.75) is 38.7 Å². The van der Waals surface area contributed by atoms with Crippen molar-refractivity contribution >= 4 is 5.91 Å². The Labute approximate surface area is 155 Å². The number of likely N-dealkylation sites (tertiary alicyclic amines) is 1. The number of hydrogen-bond donors (Lipinski definition) is 0. The molecule has 0 unspecified atom stereocenters. The van der Waals surface area contributed by atoms with Crippen molar-refractivity contribution in [3.8, 4) is 0 Å². The maximum atomic E-state index is 12.9. The number of piperidine rings is 1. The minimum absolute atomic E-state index is 0.0787. The SMILES string of the molecule is Cc1occc1C(=O)N1CC[C@H](OCC2CC2)[C@@H](Cc2ccccc2)C1. The summed E-state index contributed by atoms with van der Waals surface area (Å²) in [6, 6.07) is 12.3. The highest BCUT2D eigenvalue weighted by Crippen LogP contribution is 2.32. The molecule has 138 valence electrons. The van der Waals surface area contributed by atoms with Gasteiger partial charge in [0.15, 0.2) is 0 Å². The van der Waals surface area contributed by atoms with Gasteiger partial charge in [0.25, 0.3) is 5.91 Å². The van der Waals surface area contributed by atoms with Crippen LogP contribution in [-0.2, 0) is 11.2 Å². The molecule has 1 saturated heterocycles. The summed E-state index contributed by atoms with van der Waals surface area (Å²) >= 11 is 0. The number of hydrogen-bond acceptors (Lipinski definition) is 3. The number of aryl methyl sites for hydroxylation is 1. The number of furan rings is 1. The fourth-order valence-corrected chi connectivity index (χ4v) is 3.85. The Bertz CT molecular complexity index is 735. The quantitative estimate of drug-likeness (QED) is 0.786. The molecular weight excluding hydrogens is 326 g/mol. The molecule has 1 saturated carbocycles. The van der Waals surface area contributed by atoms with Crippen molar-refractivity contribution in [1.82, 2.24) is 4.90 Å². The van der Waals surface area contributed by atoms with E-state index in [0.717, 1.165) is 38.5 Å². The van der Waals surface area contributed by atoms with Crippen molar-refractivity contribution < 1.29 is 13.9 Å². The third-order valence-corrected chi connectivity index (χ3v) is 5.62. The summed E-state index contributed by atoms with van der Waals surface area (Å²) in [4.78, 5) is 14.9. The van der Waals surface area contributed by atoms with Crippen LogP contribution in [0, 0.1) is 18.8 Å². The molecule has 1 aliphatic heterocycles. The third-order valence-electron chi connectivity index (χ3n) is 5.62. The van der Waals surface area contributed by atoms with Crippen LogP contribution in [0.3, 0.4) is 0 Å². The molecule has 2 aliphatic rings. The Morgan fingerprint density at radius 2 is 2.00 bits per heavy atom. The number of amides is 1. The van der Waals surface area contributed by atoms with Gasteiger partial charge >= 0.3 is 0 Å². The first-order valence-corrected chi connectivity index (χ1v) is 9.69. The van der Waals surface area contributed by atoms with Gasteiger partial charge in [-0.2, -0.15) is 0 Å². The van der Waals surface area contributed by atoms with E-state index >= 15 is 0 Å². The van der Waals surface area contributed by atoms with Gasteiger partial charge in [-0.1, -0.05) is 30.3 Å². The van der Waals surface area contributed by atoms with E-state index < -0.39 is 0 Å². The molecule has 4 heteroatoms. The first-order valence-electron chi connectivity index (χ1n) is 9.69. The summed E-state index contributed by atoms with van der Waals surface area (Å²) in [5.74, 6) is 1.87. The van der Waals surface area contributed by atoms with Crippen LogP contribution in [0.25, 0.3) is 0 Å². The molecule has 0 N–H and O–H groups in total. The van der Waals surface area contributed by atoms with Crippen molar-refractivity contribution in [3.05, 3.63) is 59.5 Å². The average Bonchev–Trinajstić information content (AvgIpc) is 3.40. The molecule has 1 aromatic carbocycles. The lowest BCUT2D eigenvalue weighted by Gasteiger charge is -2.38. The van der Waals surface area contributed by atoms with Crippen LogP contribution in [-0.4, -0.2) is 36.6 Å². The molecule has 2 aromatic rings. The highest BCUT2D eigenvalue weighted by atomic mass is 16.5. The van der Waals surface area contributed by atoms with E-state index in [1.54, 1.807) is 12.3 Å². The topological polar surface area (TPSA) is 42.7 Å². The Morgan fingerprint density at radius 3 is 2.69 bits per heavy atom. The number of nitrogens with zero attached hydrogens (tertiary/aromatic N) is 1. The van der Waals surface area contributed by atoms with Gasteiger partial charge in [-0.25, -0.2) is 0 Å². The predicted molar refractivity (Wildman–Crippen MR) is 100 cm³/mol. The van der Waals surface area contributed by atoms with Gasteiger partial charge in [-0.05, 0) is 50.2 Å². The van der Waals surface area contributed by atoms with Gasteiger partial charge in [0.2, 0.25) is 0 Å². The minimum atomic E-state index is 0.0787. The van der Waals surface area contributed by atoms with E-state index in [-0.39, 0.29) is 12.0 Å². The fraction of sp³-hybridized carbons (Fsp3) is 0.500. The third kappa shape index (κ3) is 4.01. The highest BCUT2D eigenvalue weighted by molar-refractivity contribution is 5.95. The number of carbonyl (C=O) groups is 1. The molecule has 0 bridgehead atoms. The highest BCUT2D eigenvalue weighted by Gasteiger charge is 2.34. The zero-order valence-electron chi connectivity index (χ0n) is 15.4. The number of rotatable bonds is 6. The zero-order chi connectivity index (χ0) is 17.9. The lowest BCUT2D eigenvalue weighted by molar-refractivity contribution is -0.0326. The Morgan fingerprint density at radius 1 is 1.19 bits per heavy atom. The predicted octanol–water partition coefficient (Wildman–Crippen LogP) is 4.09. The maximum absolute atomic E-state index is 12.9. The normalized spacial score (nSPS) is 23.2. The molecular formula is C22H27NO3. The molecule has 4 nitrogen and oxygen atoms in total. The van der Waals surface area contributed by atoms with E-state index in [1.165, 1.54) is 18.4 Å². The molecule has 2 heterocycles. The number of carbonyl (C=O) groups excluding carboxylic acids is 1. The second-order valence-corrected chi connectivity index (χ2v) is 7.70. The second-order valence-electron chi connectivity index (χ2n) is 7.70. The molecule has 2 atom stereocenters. The molecule has 2 fully saturated rings. The monoisotopic (exact) mass is 353 g/mol. The van der Waals surface area contributed by atoms with Gasteiger partial charge in [0.1, 0.15) is 5.76 Å².